The molecular formula is C26H28ClFN4O3. The first-order chi connectivity index (χ1) is 16.4. The lowest BCUT2D eigenvalue weighted by Gasteiger charge is -2.42. The van der Waals surface area contributed by atoms with Gasteiger partial charge in [0.15, 0.2) is 0 Å². The Morgan fingerprint density at radius 1 is 1.26 bits per heavy atom. The summed E-state index contributed by atoms with van der Waals surface area (Å²) in [5.41, 5.74) is 1.37. The van der Waals surface area contributed by atoms with Crippen molar-refractivity contribution in [2.75, 3.05) is 13.1 Å². The molecule has 0 radical (unpaired) electrons. The van der Waals surface area contributed by atoms with Crippen molar-refractivity contribution in [2.24, 2.45) is 0 Å². The van der Waals surface area contributed by atoms with E-state index in [0.717, 1.165) is 5.56 Å². The third-order valence-corrected chi connectivity index (χ3v) is 7.17. The zero-order valence-electron chi connectivity index (χ0n) is 20.1. The quantitative estimate of drug-likeness (QED) is 0.454. The van der Waals surface area contributed by atoms with Crippen molar-refractivity contribution in [1.82, 2.24) is 20.1 Å². The van der Waals surface area contributed by atoms with Gasteiger partial charge in [-0.2, -0.15) is 0 Å². The van der Waals surface area contributed by atoms with Crippen LogP contribution in [0.15, 0.2) is 36.4 Å². The van der Waals surface area contributed by atoms with Crippen molar-refractivity contribution in [3.63, 3.8) is 0 Å². The molecule has 3 heterocycles. The van der Waals surface area contributed by atoms with Gasteiger partial charge in [-0.25, -0.2) is 9.18 Å². The lowest BCUT2D eigenvalue weighted by Crippen LogP contribution is -2.53. The Bertz CT molecular complexity index is 1360. The molecule has 1 unspecified atom stereocenters. The van der Waals surface area contributed by atoms with Crippen LogP contribution in [0.3, 0.4) is 0 Å². The van der Waals surface area contributed by atoms with Crippen molar-refractivity contribution >= 4 is 34.4 Å². The SMILES string of the molecule is CC(C)(C)NCCN1C(=O)N2C(c3cccc(O)c3)c3[nH]c4cc(F)c(Cl)cc4c3C[C@@]2(C)C1=O. The summed E-state index contributed by atoms with van der Waals surface area (Å²) in [6, 6.07) is 8.46. The van der Waals surface area contributed by atoms with E-state index in [-0.39, 0.29) is 35.2 Å². The number of urea groups is 1. The van der Waals surface area contributed by atoms with Gasteiger partial charge >= 0.3 is 6.03 Å². The van der Waals surface area contributed by atoms with E-state index in [1.54, 1.807) is 42.2 Å². The number of nitrogens with zero attached hydrogens (tertiary/aromatic N) is 2. The van der Waals surface area contributed by atoms with Crippen molar-refractivity contribution in [1.29, 1.82) is 0 Å². The Morgan fingerprint density at radius 3 is 2.69 bits per heavy atom. The molecule has 2 aliphatic rings. The Hall–Kier alpha value is -3.10. The molecule has 1 fully saturated rings. The molecule has 184 valence electrons. The van der Waals surface area contributed by atoms with Crippen LogP contribution in [-0.2, 0) is 11.2 Å². The molecule has 2 aromatic carbocycles. The van der Waals surface area contributed by atoms with Gasteiger partial charge in [-0.3, -0.25) is 14.6 Å². The minimum Gasteiger partial charge on any atom is -0.508 e. The fourth-order valence-corrected chi connectivity index (χ4v) is 5.45. The Morgan fingerprint density at radius 2 is 2.00 bits per heavy atom. The second-order valence-electron chi connectivity index (χ2n) is 10.6. The number of aromatic amines is 1. The highest BCUT2D eigenvalue weighted by Crippen LogP contribution is 2.49. The number of fused-ring (bicyclic) bond motifs is 4. The third kappa shape index (κ3) is 3.76. The van der Waals surface area contributed by atoms with Gasteiger partial charge in [0.25, 0.3) is 5.91 Å². The monoisotopic (exact) mass is 498 g/mol. The van der Waals surface area contributed by atoms with Crippen LogP contribution in [0.2, 0.25) is 5.02 Å². The summed E-state index contributed by atoms with van der Waals surface area (Å²) in [4.78, 5) is 33.7. The molecule has 35 heavy (non-hydrogen) atoms. The van der Waals surface area contributed by atoms with E-state index in [2.05, 4.69) is 10.3 Å². The summed E-state index contributed by atoms with van der Waals surface area (Å²) in [6.45, 7) is 8.54. The summed E-state index contributed by atoms with van der Waals surface area (Å²) in [5.74, 6) is -0.787. The standard InChI is InChI=1S/C26H28ClFN4O3/c1-25(2,3)29-8-9-31-23(34)26(4)13-17-16-11-18(27)19(28)12-20(16)30-21(17)22(32(26)24(31)35)14-6-5-7-15(33)10-14/h5-7,10-12,22,29-30,33H,8-9,13H2,1-4H3/t22?,26-/m0/s1. The lowest BCUT2D eigenvalue weighted by atomic mass is 9.81. The molecule has 3 aromatic rings. The number of phenolic OH excluding ortho intramolecular Hbond substituents is 1. The number of halogens is 2. The Balaban J connectivity index is 1.65. The predicted octanol–water partition coefficient (Wildman–Crippen LogP) is 4.72. The topological polar surface area (TPSA) is 88.7 Å². The number of hydrogen-bond acceptors (Lipinski definition) is 4. The molecule has 7 nitrogen and oxygen atoms in total. The molecule has 3 N–H and O–H groups in total. The van der Waals surface area contributed by atoms with E-state index in [1.807, 2.05) is 20.8 Å². The van der Waals surface area contributed by atoms with Gasteiger partial charge in [0.1, 0.15) is 23.1 Å². The molecule has 1 aromatic heterocycles. The minimum atomic E-state index is -1.15. The molecule has 9 heteroatoms. The van der Waals surface area contributed by atoms with E-state index in [0.29, 0.717) is 28.7 Å². The van der Waals surface area contributed by atoms with Crippen LogP contribution in [0.1, 0.15) is 50.6 Å². The van der Waals surface area contributed by atoms with Gasteiger partial charge < -0.3 is 15.4 Å². The number of imide groups is 1. The number of hydrogen-bond donors (Lipinski definition) is 3. The summed E-state index contributed by atoms with van der Waals surface area (Å²) in [7, 11) is 0. The summed E-state index contributed by atoms with van der Waals surface area (Å²) < 4.78 is 14.3. The summed E-state index contributed by atoms with van der Waals surface area (Å²) in [6.07, 6.45) is 0.257. The van der Waals surface area contributed by atoms with Crippen molar-refractivity contribution in [3.05, 3.63) is 64.1 Å². The molecular weight excluding hydrogens is 471 g/mol. The minimum absolute atomic E-state index is 0.00973. The van der Waals surface area contributed by atoms with Gasteiger partial charge in [-0.15, -0.1) is 0 Å². The van der Waals surface area contributed by atoms with Crippen molar-refractivity contribution < 1.29 is 19.1 Å². The van der Waals surface area contributed by atoms with E-state index >= 15 is 0 Å². The molecule has 2 aliphatic heterocycles. The van der Waals surface area contributed by atoms with Crippen molar-refractivity contribution in [3.8, 4) is 5.75 Å². The average Bonchev–Trinajstić information content (AvgIpc) is 3.19. The van der Waals surface area contributed by atoms with Crippen LogP contribution in [0.25, 0.3) is 10.9 Å². The Labute approximate surface area is 207 Å². The molecule has 0 bridgehead atoms. The second-order valence-corrected chi connectivity index (χ2v) is 11.0. The number of aromatic nitrogens is 1. The first kappa shape index (κ1) is 23.6. The van der Waals surface area contributed by atoms with Crippen LogP contribution in [0.4, 0.5) is 9.18 Å². The fraction of sp³-hybridized carbons (Fsp3) is 0.385. The van der Waals surface area contributed by atoms with Gasteiger partial charge in [0, 0.05) is 41.6 Å². The number of aromatic hydroxyl groups is 1. The maximum Gasteiger partial charge on any atom is 0.328 e. The average molecular weight is 499 g/mol. The molecule has 0 aliphatic carbocycles. The van der Waals surface area contributed by atoms with Crippen LogP contribution in [0, 0.1) is 5.82 Å². The zero-order chi connectivity index (χ0) is 25.3. The van der Waals surface area contributed by atoms with Crippen molar-refractivity contribution in [2.45, 2.75) is 51.2 Å². The smallest absolute Gasteiger partial charge is 0.328 e. The van der Waals surface area contributed by atoms with E-state index < -0.39 is 23.4 Å². The molecule has 5 rings (SSSR count). The van der Waals surface area contributed by atoms with Gasteiger partial charge in [0.05, 0.1) is 5.02 Å². The highest BCUT2D eigenvalue weighted by atomic mass is 35.5. The number of nitrogens with one attached hydrogen (secondary N) is 2. The normalized spacial score (nSPS) is 22.2. The first-order valence-electron chi connectivity index (χ1n) is 11.6. The maximum absolute atomic E-state index is 14.3. The van der Waals surface area contributed by atoms with Crippen LogP contribution in [0.5, 0.6) is 5.75 Å². The number of benzene rings is 2. The number of amides is 3. The van der Waals surface area contributed by atoms with E-state index in [4.69, 9.17) is 11.6 Å². The predicted molar refractivity (Wildman–Crippen MR) is 132 cm³/mol. The maximum atomic E-state index is 14.3. The van der Waals surface area contributed by atoms with Crippen LogP contribution < -0.4 is 5.32 Å². The molecule has 0 spiro atoms. The molecule has 1 saturated heterocycles. The zero-order valence-corrected chi connectivity index (χ0v) is 20.8. The van der Waals surface area contributed by atoms with E-state index in [9.17, 15) is 19.1 Å². The number of rotatable bonds is 4. The van der Waals surface area contributed by atoms with Crippen LogP contribution >= 0.6 is 11.6 Å². The molecule has 3 amide bonds. The number of H-pyrrole nitrogens is 1. The second kappa shape index (κ2) is 7.96. The molecule has 2 atom stereocenters. The van der Waals surface area contributed by atoms with Crippen LogP contribution in [-0.4, -0.2) is 56.0 Å². The fourth-order valence-electron chi connectivity index (χ4n) is 5.29. The van der Waals surface area contributed by atoms with Gasteiger partial charge in [0.2, 0.25) is 0 Å². The summed E-state index contributed by atoms with van der Waals surface area (Å²) in [5, 5.41) is 14.2. The van der Waals surface area contributed by atoms with E-state index in [1.165, 1.54) is 11.0 Å². The first-order valence-corrected chi connectivity index (χ1v) is 12.0. The number of carbonyl (C=O) groups excluding carboxylic acids is 2. The lowest BCUT2D eigenvalue weighted by molar-refractivity contribution is -0.133. The Kier molecular flexibility index (Phi) is 5.38. The largest absolute Gasteiger partial charge is 0.508 e. The number of carbonyl (C=O) groups is 2. The highest BCUT2D eigenvalue weighted by Gasteiger charge is 2.60. The highest BCUT2D eigenvalue weighted by molar-refractivity contribution is 6.31. The van der Waals surface area contributed by atoms with Gasteiger partial charge in [-0.1, -0.05) is 23.7 Å². The third-order valence-electron chi connectivity index (χ3n) is 6.88. The number of phenols is 1. The van der Waals surface area contributed by atoms with Gasteiger partial charge in [-0.05, 0) is 63.1 Å². The summed E-state index contributed by atoms with van der Waals surface area (Å²) >= 11 is 6.11. The molecule has 0 saturated carbocycles.